The van der Waals surface area contributed by atoms with Gasteiger partial charge in [0.15, 0.2) is 11.6 Å². The third kappa shape index (κ3) is 10.0. The molecule has 130 valence electrons. The van der Waals surface area contributed by atoms with Crippen molar-refractivity contribution in [3.05, 3.63) is 81.9 Å². The van der Waals surface area contributed by atoms with Gasteiger partial charge in [-0.1, -0.05) is 75.5 Å². The summed E-state index contributed by atoms with van der Waals surface area (Å²) < 4.78 is 0. The van der Waals surface area contributed by atoms with Crippen molar-refractivity contribution in [3.8, 4) is 0 Å². The zero-order chi connectivity index (χ0) is 18.7. The molecular formula is C20H17BrCl2O2. The number of benzene rings is 2. The van der Waals surface area contributed by atoms with E-state index in [0.29, 0.717) is 15.4 Å². The number of carbonyl (C=O) groups excluding carboxylic acids is 2. The second-order valence-electron chi connectivity index (χ2n) is 4.99. The molecule has 0 N–H and O–H groups in total. The second-order valence-corrected chi connectivity index (χ2v) is 6.42. The molecule has 0 spiro atoms. The molecule has 0 aliphatic heterocycles. The third-order valence-corrected chi connectivity index (χ3v) is 3.82. The van der Waals surface area contributed by atoms with Gasteiger partial charge in [-0.15, -0.1) is 0 Å². The van der Waals surface area contributed by atoms with Crippen LogP contribution in [-0.4, -0.2) is 16.9 Å². The van der Waals surface area contributed by atoms with Crippen molar-refractivity contribution in [2.75, 3.05) is 5.33 Å². The van der Waals surface area contributed by atoms with Crippen LogP contribution in [0.3, 0.4) is 0 Å². The zero-order valence-corrected chi connectivity index (χ0v) is 16.7. The first-order chi connectivity index (χ1) is 11.9. The molecule has 0 aliphatic rings. The van der Waals surface area contributed by atoms with E-state index >= 15 is 0 Å². The summed E-state index contributed by atoms with van der Waals surface area (Å²) in [6, 6.07) is 14.7. The predicted molar refractivity (Wildman–Crippen MR) is 110 cm³/mol. The van der Waals surface area contributed by atoms with E-state index in [4.69, 9.17) is 23.2 Å². The smallest absolute Gasteiger partial charge is 0.166 e. The Kier molecular flexibility index (Phi) is 10.1. The Hall–Kier alpha value is -1.68. The number of halogens is 3. The zero-order valence-electron chi connectivity index (χ0n) is 13.6. The highest BCUT2D eigenvalue weighted by molar-refractivity contribution is 9.09. The molecule has 2 nitrogen and oxygen atoms in total. The van der Waals surface area contributed by atoms with Crippen molar-refractivity contribution in [2.45, 2.75) is 6.92 Å². The molecule has 0 saturated carbocycles. The largest absolute Gasteiger partial charge is 0.295 e. The molecule has 2 aromatic carbocycles. The van der Waals surface area contributed by atoms with Crippen LogP contribution in [0.25, 0.3) is 12.2 Å². The summed E-state index contributed by atoms with van der Waals surface area (Å²) in [6.07, 6.45) is 6.54. The van der Waals surface area contributed by atoms with Crippen molar-refractivity contribution in [3.63, 3.8) is 0 Å². The third-order valence-electron chi connectivity index (χ3n) is 2.80. The molecule has 0 aliphatic carbocycles. The highest BCUT2D eigenvalue weighted by atomic mass is 79.9. The van der Waals surface area contributed by atoms with Gasteiger partial charge in [0.25, 0.3) is 0 Å². The van der Waals surface area contributed by atoms with Gasteiger partial charge < -0.3 is 0 Å². The summed E-state index contributed by atoms with van der Waals surface area (Å²) in [5, 5.41) is 1.71. The summed E-state index contributed by atoms with van der Waals surface area (Å²) in [7, 11) is 0. The molecule has 0 aromatic heterocycles. The molecule has 0 amide bonds. The van der Waals surface area contributed by atoms with Crippen molar-refractivity contribution in [1.29, 1.82) is 0 Å². The van der Waals surface area contributed by atoms with Crippen molar-refractivity contribution in [2.24, 2.45) is 0 Å². The van der Waals surface area contributed by atoms with Crippen LogP contribution in [-0.2, 0) is 9.59 Å². The number of allylic oxidation sites excluding steroid dienone is 2. The summed E-state index contributed by atoms with van der Waals surface area (Å²) in [5.74, 6) is 0.0787. The van der Waals surface area contributed by atoms with Crippen molar-refractivity contribution < 1.29 is 9.59 Å². The highest BCUT2D eigenvalue weighted by Gasteiger charge is 1.92. The summed E-state index contributed by atoms with van der Waals surface area (Å²) in [4.78, 5) is 21.5. The normalized spacial score (nSPS) is 10.6. The molecule has 0 heterocycles. The Labute approximate surface area is 166 Å². The molecule has 0 fully saturated rings. The summed E-state index contributed by atoms with van der Waals surface area (Å²) in [6.45, 7) is 1.51. The van der Waals surface area contributed by atoms with Crippen molar-refractivity contribution in [1.82, 2.24) is 0 Å². The first-order valence-corrected chi connectivity index (χ1v) is 9.25. The first kappa shape index (κ1) is 21.4. The van der Waals surface area contributed by atoms with Gasteiger partial charge in [-0.3, -0.25) is 9.59 Å². The van der Waals surface area contributed by atoms with E-state index in [1.807, 2.05) is 24.3 Å². The van der Waals surface area contributed by atoms with E-state index in [0.717, 1.165) is 11.1 Å². The van der Waals surface area contributed by atoms with Gasteiger partial charge in [-0.05, 0) is 54.5 Å². The molecule has 5 heteroatoms. The van der Waals surface area contributed by atoms with Gasteiger partial charge in [0, 0.05) is 10.0 Å². The number of alkyl halides is 1. The van der Waals surface area contributed by atoms with Gasteiger partial charge in [0.1, 0.15) is 0 Å². The Morgan fingerprint density at radius 2 is 1.40 bits per heavy atom. The monoisotopic (exact) mass is 438 g/mol. The average Bonchev–Trinajstić information content (AvgIpc) is 2.58. The van der Waals surface area contributed by atoms with Crippen LogP contribution in [0, 0.1) is 0 Å². The molecule has 0 unspecified atom stereocenters. The van der Waals surface area contributed by atoms with Crippen LogP contribution >= 0.6 is 39.1 Å². The van der Waals surface area contributed by atoms with Gasteiger partial charge in [-0.25, -0.2) is 0 Å². The fourth-order valence-electron chi connectivity index (χ4n) is 1.67. The summed E-state index contributed by atoms with van der Waals surface area (Å²) >= 11 is 14.6. The minimum Gasteiger partial charge on any atom is -0.295 e. The van der Waals surface area contributed by atoms with Gasteiger partial charge in [-0.2, -0.15) is 0 Å². The summed E-state index contributed by atoms with van der Waals surface area (Å²) in [5.41, 5.74) is 1.87. The van der Waals surface area contributed by atoms with E-state index in [9.17, 15) is 9.59 Å². The van der Waals surface area contributed by atoms with E-state index in [1.54, 1.807) is 36.4 Å². The topological polar surface area (TPSA) is 34.1 Å². The van der Waals surface area contributed by atoms with Crippen LogP contribution in [0.2, 0.25) is 10.0 Å². The fourth-order valence-corrected chi connectivity index (χ4v) is 2.25. The fraction of sp³-hybridized carbons (Fsp3) is 0.100. The maximum atomic E-state index is 10.9. The molecule has 0 saturated heterocycles. The molecular weight excluding hydrogens is 423 g/mol. The lowest BCUT2D eigenvalue weighted by molar-refractivity contribution is -0.113. The molecule has 0 radical (unpaired) electrons. The lowest BCUT2D eigenvalue weighted by Crippen LogP contribution is -1.90. The Morgan fingerprint density at radius 3 is 1.80 bits per heavy atom. The number of rotatable bonds is 5. The van der Waals surface area contributed by atoms with Crippen molar-refractivity contribution >= 4 is 62.9 Å². The van der Waals surface area contributed by atoms with Crippen LogP contribution in [0.5, 0.6) is 0 Å². The van der Waals surface area contributed by atoms with Gasteiger partial charge in [0.05, 0.1) is 5.33 Å². The minimum atomic E-state index is 0.0370. The number of hydrogen-bond donors (Lipinski definition) is 0. The Bertz CT molecular complexity index is 783. The maximum absolute atomic E-state index is 10.9. The van der Waals surface area contributed by atoms with Gasteiger partial charge >= 0.3 is 0 Å². The SMILES string of the molecule is CC(=O)/C=C/c1cccc(Cl)c1.O=C(/C=C/c1cccc(Cl)c1)CBr. The van der Waals surface area contributed by atoms with Gasteiger partial charge in [0.2, 0.25) is 0 Å². The minimum absolute atomic E-state index is 0.0370. The molecule has 2 rings (SSSR count). The van der Waals surface area contributed by atoms with Crippen LogP contribution in [0.1, 0.15) is 18.1 Å². The Balaban J connectivity index is 0.000000251. The lowest BCUT2D eigenvalue weighted by Gasteiger charge is -1.92. The van der Waals surface area contributed by atoms with Crippen LogP contribution < -0.4 is 0 Å². The number of carbonyl (C=O) groups is 2. The highest BCUT2D eigenvalue weighted by Crippen LogP contribution is 2.12. The number of hydrogen-bond acceptors (Lipinski definition) is 2. The predicted octanol–water partition coefficient (Wildman–Crippen LogP) is 6.26. The van der Waals surface area contributed by atoms with E-state index in [2.05, 4.69) is 15.9 Å². The molecule has 0 bridgehead atoms. The lowest BCUT2D eigenvalue weighted by atomic mass is 10.2. The van der Waals surface area contributed by atoms with E-state index < -0.39 is 0 Å². The van der Waals surface area contributed by atoms with E-state index in [1.165, 1.54) is 19.1 Å². The van der Waals surface area contributed by atoms with Crippen LogP contribution in [0.4, 0.5) is 0 Å². The number of ketones is 2. The molecule has 25 heavy (non-hydrogen) atoms. The van der Waals surface area contributed by atoms with Crippen LogP contribution in [0.15, 0.2) is 60.7 Å². The van der Waals surface area contributed by atoms with E-state index in [-0.39, 0.29) is 11.6 Å². The quantitative estimate of drug-likeness (QED) is 0.407. The standard InChI is InChI=1S/C10H8BrClO.C10H9ClO/c11-7-10(13)5-4-8-2-1-3-9(12)6-8;1-8(12)5-6-9-3-2-4-10(11)7-9/h1-6H,7H2;2-7H,1H3/b5-4+;6-5+. The molecule has 0 atom stereocenters. The maximum Gasteiger partial charge on any atom is 0.166 e. The second kappa shape index (κ2) is 11.8. The molecule has 2 aromatic rings. The first-order valence-electron chi connectivity index (χ1n) is 7.37. The Morgan fingerprint density at radius 1 is 0.920 bits per heavy atom. The average molecular weight is 440 g/mol.